The van der Waals surface area contributed by atoms with E-state index in [1.165, 1.54) is 0 Å². The highest BCUT2D eigenvalue weighted by Crippen LogP contribution is 2.26. The molecule has 0 aliphatic rings. The Labute approximate surface area is 117 Å². The van der Waals surface area contributed by atoms with Crippen molar-refractivity contribution in [2.75, 3.05) is 11.9 Å². The van der Waals surface area contributed by atoms with Crippen molar-refractivity contribution in [3.63, 3.8) is 0 Å². The molecule has 3 N–H and O–H groups in total. The SMILES string of the molecule is Cc1nnc(-c2ccccc2NC(=O)CCCCN)o1. The number of nitrogens with zero attached hydrogens (tertiary/aromatic N) is 2. The Hall–Kier alpha value is -2.21. The largest absolute Gasteiger partial charge is 0.421 e. The maximum absolute atomic E-state index is 11.9. The molecule has 0 unspecified atom stereocenters. The highest BCUT2D eigenvalue weighted by atomic mass is 16.4. The lowest BCUT2D eigenvalue weighted by molar-refractivity contribution is -0.116. The fourth-order valence-corrected chi connectivity index (χ4v) is 1.83. The molecule has 0 saturated heterocycles. The number of nitrogens with one attached hydrogen (secondary N) is 1. The molecule has 1 heterocycles. The predicted octanol–water partition coefficient (Wildman–Crippen LogP) is 2.11. The molecule has 2 aromatic rings. The van der Waals surface area contributed by atoms with Crippen molar-refractivity contribution in [2.45, 2.75) is 26.2 Å². The molecular formula is C14H18N4O2. The van der Waals surface area contributed by atoms with Gasteiger partial charge in [-0.3, -0.25) is 4.79 Å². The molecule has 20 heavy (non-hydrogen) atoms. The summed E-state index contributed by atoms with van der Waals surface area (Å²) in [5, 5.41) is 10.6. The van der Waals surface area contributed by atoms with E-state index in [2.05, 4.69) is 15.5 Å². The first-order chi connectivity index (χ1) is 9.70. The molecule has 2 rings (SSSR count). The number of hydrogen-bond acceptors (Lipinski definition) is 5. The molecule has 0 fully saturated rings. The molecule has 0 saturated carbocycles. The molecular weight excluding hydrogens is 256 g/mol. The number of rotatable bonds is 6. The van der Waals surface area contributed by atoms with Crippen molar-refractivity contribution in [2.24, 2.45) is 5.73 Å². The number of carbonyl (C=O) groups is 1. The summed E-state index contributed by atoms with van der Waals surface area (Å²) in [5.74, 6) is 0.853. The Kier molecular flexibility index (Phi) is 4.84. The summed E-state index contributed by atoms with van der Waals surface area (Å²) in [6.45, 7) is 2.33. The minimum absolute atomic E-state index is 0.0397. The second-order valence-electron chi connectivity index (χ2n) is 4.47. The summed E-state index contributed by atoms with van der Waals surface area (Å²) >= 11 is 0. The van der Waals surface area contributed by atoms with Gasteiger partial charge in [-0.25, -0.2) is 0 Å². The van der Waals surface area contributed by atoms with Crippen LogP contribution in [0.3, 0.4) is 0 Å². The first kappa shape index (κ1) is 14.2. The lowest BCUT2D eigenvalue weighted by atomic mass is 10.1. The van der Waals surface area contributed by atoms with Crippen molar-refractivity contribution in [3.8, 4) is 11.5 Å². The Morgan fingerprint density at radius 3 is 2.80 bits per heavy atom. The average molecular weight is 274 g/mol. The van der Waals surface area contributed by atoms with Crippen LogP contribution in [0.1, 0.15) is 25.2 Å². The third kappa shape index (κ3) is 3.64. The van der Waals surface area contributed by atoms with E-state index in [1.54, 1.807) is 6.92 Å². The van der Waals surface area contributed by atoms with Gasteiger partial charge in [0, 0.05) is 13.3 Å². The maximum atomic E-state index is 11.9. The van der Waals surface area contributed by atoms with Gasteiger partial charge in [0.05, 0.1) is 11.3 Å². The van der Waals surface area contributed by atoms with Crippen LogP contribution in [-0.2, 0) is 4.79 Å². The third-order valence-corrected chi connectivity index (χ3v) is 2.82. The standard InChI is InChI=1S/C14H18N4O2/c1-10-17-18-14(20-10)11-6-2-3-7-12(11)16-13(19)8-4-5-9-15/h2-3,6-7H,4-5,8-9,15H2,1H3,(H,16,19). The van der Waals surface area contributed by atoms with Crippen molar-refractivity contribution in [1.29, 1.82) is 0 Å². The summed E-state index contributed by atoms with van der Waals surface area (Å²) in [5.41, 5.74) is 6.81. The molecule has 0 spiro atoms. The number of aromatic nitrogens is 2. The second kappa shape index (κ2) is 6.81. The van der Waals surface area contributed by atoms with Crippen LogP contribution in [0.4, 0.5) is 5.69 Å². The molecule has 0 radical (unpaired) electrons. The summed E-state index contributed by atoms with van der Waals surface area (Å²) in [6.07, 6.45) is 2.08. The number of para-hydroxylation sites is 1. The van der Waals surface area contributed by atoms with Crippen LogP contribution < -0.4 is 11.1 Å². The Morgan fingerprint density at radius 2 is 2.10 bits per heavy atom. The number of amides is 1. The van der Waals surface area contributed by atoms with Gasteiger partial charge >= 0.3 is 0 Å². The smallest absolute Gasteiger partial charge is 0.249 e. The number of aryl methyl sites for hydroxylation is 1. The summed E-state index contributed by atoms with van der Waals surface area (Å²) in [7, 11) is 0. The molecule has 0 aliphatic carbocycles. The van der Waals surface area contributed by atoms with Gasteiger partial charge in [-0.05, 0) is 31.5 Å². The summed E-state index contributed by atoms with van der Waals surface area (Å²) < 4.78 is 5.40. The van der Waals surface area contributed by atoms with Gasteiger partial charge in [0.25, 0.3) is 0 Å². The zero-order valence-electron chi connectivity index (χ0n) is 11.4. The fourth-order valence-electron chi connectivity index (χ4n) is 1.83. The molecule has 0 bridgehead atoms. The molecule has 0 atom stereocenters. The van der Waals surface area contributed by atoms with Crippen LogP contribution in [0.2, 0.25) is 0 Å². The van der Waals surface area contributed by atoms with Gasteiger partial charge < -0.3 is 15.5 Å². The highest BCUT2D eigenvalue weighted by molar-refractivity contribution is 5.94. The van der Waals surface area contributed by atoms with Crippen LogP contribution in [0, 0.1) is 6.92 Å². The monoisotopic (exact) mass is 274 g/mol. The minimum atomic E-state index is -0.0397. The van der Waals surface area contributed by atoms with E-state index < -0.39 is 0 Å². The highest BCUT2D eigenvalue weighted by Gasteiger charge is 2.12. The van der Waals surface area contributed by atoms with Gasteiger partial charge in [0.2, 0.25) is 17.7 Å². The molecule has 0 aliphatic heterocycles. The number of nitrogens with two attached hydrogens (primary N) is 1. The zero-order valence-corrected chi connectivity index (χ0v) is 11.4. The molecule has 106 valence electrons. The lowest BCUT2D eigenvalue weighted by Gasteiger charge is -2.08. The topological polar surface area (TPSA) is 94.0 Å². The normalized spacial score (nSPS) is 10.5. The van der Waals surface area contributed by atoms with Crippen molar-refractivity contribution >= 4 is 11.6 Å². The van der Waals surface area contributed by atoms with Crippen LogP contribution >= 0.6 is 0 Å². The second-order valence-corrected chi connectivity index (χ2v) is 4.47. The molecule has 6 nitrogen and oxygen atoms in total. The van der Waals surface area contributed by atoms with E-state index in [-0.39, 0.29) is 5.91 Å². The van der Waals surface area contributed by atoms with Gasteiger partial charge in [0.15, 0.2) is 0 Å². The zero-order chi connectivity index (χ0) is 14.4. The molecule has 6 heteroatoms. The lowest BCUT2D eigenvalue weighted by Crippen LogP contribution is -2.12. The van der Waals surface area contributed by atoms with Gasteiger partial charge in [-0.15, -0.1) is 10.2 Å². The van der Waals surface area contributed by atoms with Crippen molar-refractivity contribution in [3.05, 3.63) is 30.2 Å². The quantitative estimate of drug-likeness (QED) is 0.787. The van der Waals surface area contributed by atoms with E-state index >= 15 is 0 Å². The minimum Gasteiger partial charge on any atom is -0.421 e. The number of anilines is 1. The number of benzene rings is 1. The van der Waals surface area contributed by atoms with Crippen LogP contribution in [-0.4, -0.2) is 22.6 Å². The van der Waals surface area contributed by atoms with Crippen molar-refractivity contribution in [1.82, 2.24) is 10.2 Å². The van der Waals surface area contributed by atoms with E-state index in [0.717, 1.165) is 18.4 Å². The average Bonchev–Trinajstić information content (AvgIpc) is 2.86. The van der Waals surface area contributed by atoms with Crippen LogP contribution in [0.25, 0.3) is 11.5 Å². The van der Waals surface area contributed by atoms with Crippen LogP contribution in [0.15, 0.2) is 28.7 Å². The van der Waals surface area contributed by atoms with Crippen LogP contribution in [0.5, 0.6) is 0 Å². The molecule has 1 amide bonds. The van der Waals surface area contributed by atoms with Crippen molar-refractivity contribution < 1.29 is 9.21 Å². The first-order valence-corrected chi connectivity index (χ1v) is 6.60. The predicted molar refractivity (Wildman–Crippen MR) is 76.0 cm³/mol. The van der Waals surface area contributed by atoms with Gasteiger partial charge in [-0.2, -0.15) is 0 Å². The number of unbranched alkanes of at least 4 members (excludes halogenated alkanes) is 1. The fraction of sp³-hybridized carbons (Fsp3) is 0.357. The first-order valence-electron chi connectivity index (χ1n) is 6.60. The summed E-state index contributed by atoms with van der Waals surface area (Å²) in [4.78, 5) is 11.9. The van der Waals surface area contributed by atoms with E-state index in [0.29, 0.717) is 30.4 Å². The number of carbonyl (C=O) groups excluding carboxylic acids is 1. The van der Waals surface area contributed by atoms with Gasteiger partial charge in [-0.1, -0.05) is 12.1 Å². The maximum Gasteiger partial charge on any atom is 0.249 e. The molecule has 1 aromatic heterocycles. The van der Waals surface area contributed by atoms with E-state index in [9.17, 15) is 4.79 Å². The third-order valence-electron chi connectivity index (χ3n) is 2.82. The Morgan fingerprint density at radius 1 is 1.30 bits per heavy atom. The summed E-state index contributed by atoms with van der Waals surface area (Å²) in [6, 6.07) is 7.36. The number of hydrogen-bond donors (Lipinski definition) is 2. The Bertz CT molecular complexity index is 580. The van der Waals surface area contributed by atoms with E-state index in [4.69, 9.17) is 10.2 Å². The molecule has 1 aromatic carbocycles. The van der Waals surface area contributed by atoms with E-state index in [1.807, 2.05) is 24.3 Å². The Balaban J connectivity index is 2.10. The van der Waals surface area contributed by atoms with Gasteiger partial charge in [0.1, 0.15) is 0 Å².